The summed E-state index contributed by atoms with van der Waals surface area (Å²) in [4.78, 5) is 12.3. The summed E-state index contributed by atoms with van der Waals surface area (Å²) in [6.45, 7) is 2.02. The van der Waals surface area contributed by atoms with Gasteiger partial charge in [0.15, 0.2) is 11.5 Å². The molecule has 0 saturated heterocycles. The molecule has 0 aliphatic heterocycles. The monoisotopic (exact) mass is 284 g/mol. The molecule has 1 heterocycles. The molecule has 0 amide bonds. The van der Waals surface area contributed by atoms with Gasteiger partial charge in [0.2, 0.25) is 0 Å². The van der Waals surface area contributed by atoms with Crippen LogP contribution < -0.4 is 15.0 Å². The highest BCUT2D eigenvalue weighted by Crippen LogP contribution is 2.33. The average Bonchev–Trinajstić information content (AvgIpc) is 2.84. The van der Waals surface area contributed by atoms with Crippen LogP contribution in [0.1, 0.15) is 5.56 Å². The van der Waals surface area contributed by atoms with Crippen LogP contribution in [0, 0.1) is 6.92 Å². The SMILES string of the molecule is COc1ccc2c(c1OC)c(=O)[nH]n2-c1ccc(C)cc1. The van der Waals surface area contributed by atoms with Crippen LogP contribution in [-0.2, 0) is 0 Å². The number of benzene rings is 2. The fourth-order valence-electron chi connectivity index (χ4n) is 2.44. The quantitative estimate of drug-likeness (QED) is 0.804. The van der Waals surface area contributed by atoms with Crippen LogP contribution in [0.3, 0.4) is 0 Å². The number of hydrogen-bond acceptors (Lipinski definition) is 3. The second-order valence-electron chi connectivity index (χ2n) is 4.81. The second-order valence-corrected chi connectivity index (χ2v) is 4.81. The molecule has 3 rings (SSSR count). The third-order valence-electron chi connectivity index (χ3n) is 3.50. The Bertz CT molecular complexity index is 844. The van der Waals surface area contributed by atoms with Gasteiger partial charge in [-0.05, 0) is 31.2 Å². The number of nitrogens with zero attached hydrogens (tertiary/aromatic N) is 1. The first kappa shape index (κ1) is 13.3. The smallest absolute Gasteiger partial charge is 0.276 e. The Balaban J connectivity index is 2.32. The van der Waals surface area contributed by atoms with E-state index >= 15 is 0 Å². The fraction of sp³-hybridized carbons (Fsp3) is 0.188. The summed E-state index contributed by atoms with van der Waals surface area (Å²) < 4.78 is 12.3. The maximum Gasteiger partial charge on any atom is 0.276 e. The number of aromatic nitrogens is 2. The van der Waals surface area contributed by atoms with Crippen molar-refractivity contribution in [2.75, 3.05) is 14.2 Å². The first-order valence-corrected chi connectivity index (χ1v) is 6.58. The van der Waals surface area contributed by atoms with E-state index in [0.717, 1.165) is 16.8 Å². The van der Waals surface area contributed by atoms with Gasteiger partial charge in [0, 0.05) is 0 Å². The van der Waals surface area contributed by atoms with Crippen molar-refractivity contribution in [2.24, 2.45) is 0 Å². The lowest BCUT2D eigenvalue weighted by Gasteiger charge is -2.09. The van der Waals surface area contributed by atoms with Gasteiger partial charge in [0.25, 0.3) is 5.56 Å². The van der Waals surface area contributed by atoms with E-state index in [1.54, 1.807) is 17.9 Å². The van der Waals surface area contributed by atoms with Gasteiger partial charge in [-0.25, -0.2) is 0 Å². The molecule has 1 aromatic heterocycles. The third-order valence-corrected chi connectivity index (χ3v) is 3.50. The highest BCUT2D eigenvalue weighted by molar-refractivity contribution is 5.89. The Morgan fingerprint density at radius 2 is 1.71 bits per heavy atom. The molecule has 2 aromatic carbocycles. The Labute approximate surface area is 121 Å². The third kappa shape index (κ3) is 2.07. The summed E-state index contributed by atoms with van der Waals surface area (Å²) in [5.41, 5.74) is 2.60. The van der Waals surface area contributed by atoms with E-state index in [1.807, 2.05) is 37.3 Å². The van der Waals surface area contributed by atoms with Gasteiger partial charge in [-0.2, -0.15) is 0 Å². The van der Waals surface area contributed by atoms with Gasteiger partial charge in [-0.15, -0.1) is 0 Å². The predicted octanol–water partition coefficient (Wildman–Crippen LogP) is 2.64. The van der Waals surface area contributed by atoms with Crippen LogP contribution >= 0.6 is 0 Å². The molecule has 108 valence electrons. The topological polar surface area (TPSA) is 56.2 Å². The molecule has 21 heavy (non-hydrogen) atoms. The minimum absolute atomic E-state index is 0.207. The van der Waals surface area contributed by atoms with Crippen LogP contribution in [0.25, 0.3) is 16.6 Å². The van der Waals surface area contributed by atoms with Gasteiger partial charge in [-0.3, -0.25) is 14.6 Å². The summed E-state index contributed by atoms with van der Waals surface area (Å²) >= 11 is 0. The Morgan fingerprint density at radius 1 is 1.00 bits per heavy atom. The molecule has 0 unspecified atom stereocenters. The molecule has 0 saturated carbocycles. The molecule has 0 radical (unpaired) electrons. The Hall–Kier alpha value is -2.69. The van der Waals surface area contributed by atoms with E-state index < -0.39 is 0 Å². The Morgan fingerprint density at radius 3 is 2.33 bits per heavy atom. The Kier molecular flexibility index (Phi) is 3.17. The molecule has 0 atom stereocenters. The van der Waals surface area contributed by atoms with Crippen LogP contribution in [-0.4, -0.2) is 24.0 Å². The van der Waals surface area contributed by atoms with Crippen molar-refractivity contribution in [3.63, 3.8) is 0 Å². The highest BCUT2D eigenvalue weighted by atomic mass is 16.5. The number of aromatic amines is 1. The first-order valence-electron chi connectivity index (χ1n) is 6.58. The summed E-state index contributed by atoms with van der Waals surface area (Å²) in [7, 11) is 3.08. The van der Waals surface area contributed by atoms with E-state index in [4.69, 9.17) is 9.47 Å². The maximum atomic E-state index is 12.3. The van der Waals surface area contributed by atoms with E-state index in [2.05, 4.69) is 5.10 Å². The molecule has 0 spiro atoms. The lowest BCUT2D eigenvalue weighted by molar-refractivity contribution is 0.358. The first-order chi connectivity index (χ1) is 10.2. The maximum absolute atomic E-state index is 12.3. The van der Waals surface area contributed by atoms with Crippen LogP contribution in [0.5, 0.6) is 11.5 Å². The van der Waals surface area contributed by atoms with E-state index in [0.29, 0.717) is 16.9 Å². The van der Waals surface area contributed by atoms with Gasteiger partial charge >= 0.3 is 0 Å². The van der Waals surface area contributed by atoms with Crippen molar-refractivity contribution in [1.82, 2.24) is 9.78 Å². The second kappa shape index (κ2) is 5.01. The van der Waals surface area contributed by atoms with Crippen molar-refractivity contribution in [1.29, 1.82) is 0 Å². The van der Waals surface area contributed by atoms with E-state index in [1.165, 1.54) is 7.11 Å². The summed E-state index contributed by atoms with van der Waals surface area (Å²) in [6, 6.07) is 11.6. The number of methoxy groups -OCH3 is 2. The number of nitrogens with one attached hydrogen (secondary N) is 1. The highest BCUT2D eigenvalue weighted by Gasteiger charge is 2.16. The zero-order chi connectivity index (χ0) is 15.0. The number of hydrogen-bond donors (Lipinski definition) is 1. The standard InChI is InChI=1S/C16H16N2O3/c1-10-4-6-11(7-5-10)18-12-8-9-13(20-2)15(21-3)14(12)16(19)17-18/h4-9H,1-3H3,(H,17,19). The molecule has 0 fully saturated rings. The van der Waals surface area contributed by atoms with E-state index in [-0.39, 0.29) is 5.56 Å². The normalized spacial score (nSPS) is 10.8. The fourth-order valence-corrected chi connectivity index (χ4v) is 2.44. The van der Waals surface area contributed by atoms with Gasteiger partial charge in [-0.1, -0.05) is 17.7 Å². The number of fused-ring (bicyclic) bond motifs is 1. The zero-order valence-corrected chi connectivity index (χ0v) is 12.1. The zero-order valence-electron chi connectivity index (χ0n) is 12.1. The molecule has 3 aromatic rings. The predicted molar refractivity (Wildman–Crippen MR) is 81.7 cm³/mol. The molecular formula is C16H16N2O3. The average molecular weight is 284 g/mol. The molecule has 1 N–H and O–H groups in total. The molecular weight excluding hydrogens is 268 g/mol. The number of H-pyrrole nitrogens is 1. The van der Waals surface area contributed by atoms with Crippen molar-refractivity contribution in [2.45, 2.75) is 6.92 Å². The van der Waals surface area contributed by atoms with Crippen LogP contribution in [0.4, 0.5) is 0 Å². The van der Waals surface area contributed by atoms with Gasteiger partial charge in [0.1, 0.15) is 5.39 Å². The lowest BCUT2D eigenvalue weighted by Crippen LogP contribution is -2.04. The van der Waals surface area contributed by atoms with Crippen molar-refractivity contribution in [3.8, 4) is 17.2 Å². The number of rotatable bonds is 3. The van der Waals surface area contributed by atoms with Crippen molar-refractivity contribution in [3.05, 3.63) is 52.3 Å². The van der Waals surface area contributed by atoms with Crippen LogP contribution in [0.2, 0.25) is 0 Å². The molecule has 5 heteroatoms. The van der Waals surface area contributed by atoms with Gasteiger partial charge < -0.3 is 9.47 Å². The molecule has 0 bridgehead atoms. The molecule has 0 aliphatic rings. The van der Waals surface area contributed by atoms with E-state index in [9.17, 15) is 4.79 Å². The van der Waals surface area contributed by atoms with Crippen LogP contribution in [0.15, 0.2) is 41.2 Å². The summed E-state index contributed by atoms with van der Waals surface area (Å²) in [5.74, 6) is 0.985. The number of aryl methyl sites for hydroxylation is 1. The van der Waals surface area contributed by atoms with Gasteiger partial charge in [0.05, 0.1) is 25.4 Å². The molecule has 5 nitrogen and oxygen atoms in total. The summed E-state index contributed by atoms with van der Waals surface area (Å²) in [5, 5.41) is 3.32. The minimum Gasteiger partial charge on any atom is -0.493 e. The number of ether oxygens (including phenoxy) is 2. The largest absolute Gasteiger partial charge is 0.493 e. The van der Waals surface area contributed by atoms with Crippen molar-refractivity contribution >= 4 is 10.9 Å². The van der Waals surface area contributed by atoms with Crippen molar-refractivity contribution < 1.29 is 9.47 Å². The molecule has 0 aliphatic carbocycles. The minimum atomic E-state index is -0.207. The lowest BCUT2D eigenvalue weighted by atomic mass is 10.2. The summed E-state index contributed by atoms with van der Waals surface area (Å²) in [6.07, 6.45) is 0.